The van der Waals surface area contributed by atoms with E-state index in [1.54, 1.807) is 6.92 Å². The Labute approximate surface area is 147 Å². The van der Waals surface area contributed by atoms with Crippen molar-refractivity contribution in [1.82, 2.24) is 0 Å². The quantitative estimate of drug-likeness (QED) is 0.661. The summed E-state index contributed by atoms with van der Waals surface area (Å²) in [6.07, 6.45) is 0.857. The van der Waals surface area contributed by atoms with Gasteiger partial charge in [0.2, 0.25) is 5.78 Å². The summed E-state index contributed by atoms with van der Waals surface area (Å²) in [5.74, 6) is -1.85. The number of anilines is 1. The molecule has 126 valence electrons. The minimum absolute atomic E-state index is 0.0410. The van der Waals surface area contributed by atoms with Gasteiger partial charge in [-0.2, -0.15) is 0 Å². The van der Waals surface area contributed by atoms with Gasteiger partial charge in [-0.25, -0.2) is 4.39 Å². The SMILES string of the molecule is CCOC(=O)C1Cc2sc(N)c(C(=O)c3c(F)cccc3Cl)c2C1. The van der Waals surface area contributed by atoms with Gasteiger partial charge in [-0.05, 0) is 37.5 Å². The highest BCUT2D eigenvalue weighted by Crippen LogP contribution is 2.41. The highest BCUT2D eigenvalue weighted by Gasteiger charge is 2.36. The lowest BCUT2D eigenvalue weighted by atomic mass is 9.98. The number of halogens is 2. The first-order chi connectivity index (χ1) is 11.4. The zero-order chi connectivity index (χ0) is 17.4. The molecule has 4 nitrogen and oxygen atoms in total. The summed E-state index contributed by atoms with van der Waals surface area (Å²) in [4.78, 5) is 25.6. The van der Waals surface area contributed by atoms with Crippen molar-refractivity contribution in [1.29, 1.82) is 0 Å². The van der Waals surface area contributed by atoms with Gasteiger partial charge in [0.15, 0.2) is 0 Å². The maximum Gasteiger partial charge on any atom is 0.309 e. The van der Waals surface area contributed by atoms with Gasteiger partial charge in [-0.15, -0.1) is 11.3 Å². The van der Waals surface area contributed by atoms with Crippen LogP contribution < -0.4 is 5.73 Å². The van der Waals surface area contributed by atoms with Crippen LogP contribution in [0.25, 0.3) is 0 Å². The molecule has 0 spiro atoms. The fourth-order valence-corrected chi connectivity index (χ4v) is 4.40. The van der Waals surface area contributed by atoms with Crippen molar-refractivity contribution in [3.63, 3.8) is 0 Å². The van der Waals surface area contributed by atoms with Gasteiger partial charge in [0.1, 0.15) is 5.82 Å². The summed E-state index contributed by atoms with van der Waals surface area (Å²) in [6, 6.07) is 4.08. The third kappa shape index (κ3) is 2.80. The highest BCUT2D eigenvalue weighted by atomic mass is 35.5. The zero-order valence-electron chi connectivity index (χ0n) is 12.9. The minimum atomic E-state index is -0.688. The Hall–Kier alpha value is -1.92. The fourth-order valence-electron chi connectivity index (χ4n) is 2.97. The van der Waals surface area contributed by atoms with E-state index in [2.05, 4.69) is 0 Å². The van der Waals surface area contributed by atoms with Crippen LogP contribution in [-0.2, 0) is 22.4 Å². The fraction of sp³-hybridized carbons (Fsp3) is 0.294. The van der Waals surface area contributed by atoms with E-state index in [9.17, 15) is 14.0 Å². The van der Waals surface area contributed by atoms with Gasteiger partial charge in [0.25, 0.3) is 0 Å². The molecule has 0 amide bonds. The maximum absolute atomic E-state index is 14.1. The Bertz CT molecular complexity index is 813. The van der Waals surface area contributed by atoms with Crippen LogP contribution in [0.4, 0.5) is 9.39 Å². The van der Waals surface area contributed by atoms with Gasteiger partial charge >= 0.3 is 5.97 Å². The molecule has 1 aliphatic carbocycles. The second-order valence-electron chi connectivity index (χ2n) is 5.53. The molecule has 0 saturated heterocycles. The first-order valence-corrected chi connectivity index (χ1v) is 8.68. The standard InChI is InChI=1S/C17H15ClFNO3S/c1-2-23-17(22)8-6-9-12(7-8)24-16(20)13(9)15(21)14-10(18)4-3-5-11(14)19/h3-5,8H,2,6-7,20H2,1H3. The molecule has 1 unspecified atom stereocenters. The molecule has 0 saturated carbocycles. The van der Waals surface area contributed by atoms with E-state index in [0.29, 0.717) is 30.0 Å². The molecule has 2 N–H and O–H groups in total. The number of ether oxygens (including phenoxy) is 1. The van der Waals surface area contributed by atoms with Crippen LogP contribution in [-0.4, -0.2) is 18.4 Å². The number of carbonyl (C=O) groups is 2. The molecule has 0 radical (unpaired) electrons. The minimum Gasteiger partial charge on any atom is -0.466 e. The van der Waals surface area contributed by atoms with Crippen molar-refractivity contribution in [2.45, 2.75) is 19.8 Å². The van der Waals surface area contributed by atoms with Crippen molar-refractivity contribution in [3.8, 4) is 0 Å². The van der Waals surface area contributed by atoms with Crippen LogP contribution in [0.2, 0.25) is 5.02 Å². The summed E-state index contributed by atoms with van der Waals surface area (Å²) >= 11 is 7.25. The first kappa shape index (κ1) is 16.9. The summed E-state index contributed by atoms with van der Waals surface area (Å²) in [6.45, 7) is 2.05. The number of thiophene rings is 1. The number of nitrogens with two attached hydrogens (primary N) is 1. The molecule has 24 heavy (non-hydrogen) atoms. The Kier molecular flexibility index (Phi) is 4.60. The van der Waals surface area contributed by atoms with Crippen LogP contribution >= 0.6 is 22.9 Å². The Morgan fingerprint density at radius 3 is 2.79 bits per heavy atom. The van der Waals surface area contributed by atoms with E-state index in [4.69, 9.17) is 22.1 Å². The normalized spacial score (nSPS) is 16.0. The molecule has 2 aromatic rings. The van der Waals surface area contributed by atoms with Gasteiger partial charge in [-0.3, -0.25) is 9.59 Å². The third-order valence-electron chi connectivity index (χ3n) is 4.04. The number of benzene rings is 1. The van der Waals surface area contributed by atoms with Gasteiger partial charge in [0, 0.05) is 4.88 Å². The summed E-state index contributed by atoms with van der Waals surface area (Å²) in [5, 5.41) is 0.367. The Morgan fingerprint density at radius 1 is 1.38 bits per heavy atom. The number of hydrogen-bond donors (Lipinski definition) is 1. The van der Waals surface area contributed by atoms with E-state index >= 15 is 0 Å². The molecule has 1 heterocycles. The molecule has 1 atom stereocenters. The van der Waals surface area contributed by atoms with Crippen molar-refractivity contribution >= 4 is 39.7 Å². The van der Waals surface area contributed by atoms with Crippen LogP contribution in [0, 0.1) is 11.7 Å². The van der Waals surface area contributed by atoms with Crippen molar-refractivity contribution in [3.05, 3.63) is 50.6 Å². The van der Waals surface area contributed by atoms with E-state index in [-0.39, 0.29) is 28.0 Å². The summed E-state index contributed by atoms with van der Waals surface area (Å²) in [5.41, 5.74) is 6.76. The first-order valence-electron chi connectivity index (χ1n) is 7.49. The van der Waals surface area contributed by atoms with E-state index in [1.807, 2.05) is 0 Å². The number of fused-ring (bicyclic) bond motifs is 1. The maximum atomic E-state index is 14.1. The van der Waals surface area contributed by atoms with Gasteiger partial charge < -0.3 is 10.5 Å². The molecule has 0 bridgehead atoms. The van der Waals surface area contributed by atoms with Gasteiger partial charge in [0.05, 0.1) is 33.7 Å². The average Bonchev–Trinajstić information content (AvgIpc) is 3.03. The van der Waals surface area contributed by atoms with Gasteiger partial charge in [-0.1, -0.05) is 17.7 Å². The lowest BCUT2D eigenvalue weighted by molar-refractivity contribution is -0.147. The van der Waals surface area contributed by atoms with Crippen LogP contribution in [0.1, 0.15) is 33.3 Å². The molecular formula is C17H15ClFNO3S. The van der Waals surface area contributed by atoms with Crippen molar-refractivity contribution in [2.75, 3.05) is 12.3 Å². The molecular weight excluding hydrogens is 353 g/mol. The summed E-state index contributed by atoms with van der Waals surface area (Å²) in [7, 11) is 0. The lowest BCUT2D eigenvalue weighted by Gasteiger charge is -2.10. The predicted molar refractivity (Wildman–Crippen MR) is 91.1 cm³/mol. The topological polar surface area (TPSA) is 69.4 Å². The number of ketones is 1. The van der Waals surface area contributed by atoms with Crippen molar-refractivity contribution < 1.29 is 18.7 Å². The largest absolute Gasteiger partial charge is 0.466 e. The number of nitrogen functional groups attached to an aromatic ring is 1. The lowest BCUT2D eigenvalue weighted by Crippen LogP contribution is -2.18. The smallest absolute Gasteiger partial charge is 0.309 e. The molecule has 1 aromatic heterocycles. The van der Waals surface area contributed by atoms with E-state index in [0.717, 1.165) is 4.88 Å². The predicted octanol–water partition coefficient (Wildman–Crippen LogP) is 3.63. The van der Waals surface area contributed by atoms with Crippen LogP contribution in [0.15, 0.2) is 18.2 Å². The highest BCUT2D eigenvalue weighted by molar-refractivity contribution is 7.16. The average molecular weight is 368 g/mol. The second kappa shape index (κ2) is 6.53. The number of hydrogen-bond acceptors (Lipinski definition) is 5. The Morgan fingerprint density at radius 2 is 2.12 bits per heavy atom. The van der Waals surface area contributed by atoms with E-state index in [1.165, 1.54) is 29.5 Å². The molecule has 1 aliphatic rings. The number of carbonyl (C=O) groups excluding carboxylic acids is 2. The molecule has 3 rings (SSSR count). The molecule has 7 heteroatoms. The molecule has 0 aliphatic heterocycles. The zero-order valence-corrected chi connectivity index (χ0v) is 14.5. The van der Waals surface area contributed by atoms with Crippen molar-refractivity contribution in [2.24, 2.45) is 5.92 Å². The number of rotatable bonds is 4. The van der Waals surface area contributed by atoms with Crippen LogP contribution in [0.3, 0.4) is 0 Å². The second-order valence-corrected chi connectivity index (χ2v) is 7.07. The third-order valence-corrected chi connectivity index (χ3v) is 5.44. The Balaban J connectivity index is 1.98. The molecule has 1 aromatic carbocycles. The number of esters is 1. The molecule has 0 fully saturated rings. The van der Waals surface area contributed by atoms with E-state index < -0.39 is 11.6 Å². The summed E-state index contributed by atoms with van der Waals surface area (Å²) < 4.78 is 19.1. The van der Waals surface area contributed by atoms with Crippen LogP contribution in [0.5, 0.6) is 0 Å². The monoisotopic (exact) mass is 367 g/mol.